The van der Waals surface area contributed by atoms with Gasteiger partial charge in [0.1, 0.15) is 0 Å². The van der Waals surface area contributed by atoms with Crippen LogP contribution in [0.3, 0.4) is 0 Å². The molecule has 0 spiro atoms. The molecule has 0 aliphatic heterocycles. The van der Waals surface area contributed by atoms with Crippen LogP contribution < -0.4 is 0 Å². The van der Waals surface area contributed by atoms with Crippen LogP contribution in [0.15, 0.2) is 206 Å². The zero-order chi connectivity index (χ0) is 43.5. The molecule has 0 radical (unpaired) electrons. The van der Waals surface area contributed by atoms with Crippen molar-refractivity contribution in [1.82, 2.24) is 9.97 Å². The molecule has 0 aliphatic rings. The number of aromatic nitrogens is 2. The fourth-order valence-corrected chi connectivity index (χ4v) is 8.20. The molecule has 4 nitrogen and oxygen atoms in total. The molecule has 0 saturated heterocycles. The third-order valence-corrected chi connectivity index (χ3v) is 11.8. The van der Waals surface area contributed by atoms with Crippen molar-refractivity contribution >= 4 is 83.9 Å². The van der Waals surface area contributed by atoms with Gasteiger partial charge < -0.3 is 0 Å². The highest BCUT2D eigenvalue weighted by atomic mass is 14.9. The van der Waals surface area contributed by atoms with Gasteiger partial charge in [0.05, 0.1) is 16.7 Å². The van der Waals surface area contributed by atoms with E-state index >= 15 is 0 Å². The topological polar surface area (TPSA) is 50.5 Å². The van der Waals surface area contributed by atoms with E-state index < -0.39 is 0 Å². The average molecular weight is 811 g/mol. The maximum Gasteiger partial charge on any atom is 0.160 e. The van der Waals surface area contributed by atoms with Gasteiger partial charge in [-0.05, 0) is 141 Å². The molecule has 63 heavy (non-hydrogen) atoms. The number of rotatable bonds is 10. The van der Waals surface area contributed by atoms with Gasteiger partial charge in [-0.15, -0.1) is 0 Å². The number of hydrogen-bond donors (Lipinski definition) is 0. The number of hydrogen-bond acceptors (Lipinski definition) is 3. The molecule has 0 saturated carbocycles. The maximum atomic E-state index is 5.18. The van der Waals surface area contributed by atoms with Crippen molar-refractivity contribution in [2.45, 2.75) is 20.8 Å². The van der Waals surface area contributed by atoms with Crippen LogP contribution in [0.25, 0.3) is 72.3 Å². The lowest BCUT2D eigenvalue weighted by Gasteiger charge is -2.11. The number of nitrogens with zero attached hydrogens (tertiary/aromatic N) is 4. The van der Waals surface area contributed by atoms with Crippen molar-refractivity contribution in [3.63, 3.8) is 0 Å². The molecule has 0 amide bonds. The van der Waals surface area contributed by atoms with Gasteiger partial charge in [0.25, 0.3) is 0 Å². The van der Waals surface area contributed by atoms with E-state index in [4.69, 9.17) is 9.98 Å². The van der Waals surface area contributed by atoms with E-state index in [9.17, 15) is 0 Å². The third-order valence-electron chi connectivity index (χ3n) is 11.8. The molecule has 9 aromatic rings. The Kier molecular flexibility index (Phi) is 11.2. The number of amidine groups is 1. The fraction of sp³-hybridized carbons (Fsp3) is 0.0508. The Morgan fingerprint density at radius 2 is 0.921 bits per heavy atom. The van der Waals surface area contributed by atoms with Crippen molar-refractivity contribution in [3.05, 3.63) is 246 Å². The van der Waals surface area contributed by atoms with Crippen molar-refractivity contribution in [2.24, 2.45) is 9.98 Å². The second-order valence-corrected chi connectivity index (χ2v) is 15.8. The monoisotopic (exact) mass is 810 g/mol. The van der Waals surface area contributed by atoms with Gasteiger partial charge >= 0.3 is 0 Å². The van der Waals surface area contributed by atoms with E-state index in [-0.39, 0.29) is 0 Å². The lowest BCUT2D eigenvalue weighted by molar-refractivity contribution is 1.36. The lowest BCUT2D eigenvalue weighted by atomic mass is 9.96. The Balaban J connectivity index is 1.03. The molecular weight excluding hydrogens is 765 g/mol. The first-order chi connectivity index (χ1) is 30.8. The van der Waals surface area contributed by atoms with Crippen molar-refractivity contribution < 1.29 is 0 Å². The largest absolute Gasteiger partial charge is 0.256 e. The third kappa shape index (κ3) is 8.35. The van der Waals surface area contributed by atoms with Gasteiger partial charge in [-0.25, -0.2) is 9.98 Å². The Hall–Kier alpha value is -8.08. The lowest BCUT2D eigenvalue weighted by Crippen LogP contribution is -2.04. The standard InChI is InChI=1S/C59H46N4/c1-7-42(32-49-24-22-46-16-12-30-60-57(46)38(49)3)53-28-20-44-18-26-51(34-55(44)36-53)40(5)62-59(48-14-10-9-11-15-48)63-41(6)52-27-19-45-21-29-54(37-56(45)35-52)43(8-2)33-50-25-23-47-17-13-31-61-58(47)39(50)4/h7-37H,1-2,5H2,3-4,6H3/b42-32+,43-33+,62-59-,63-41+. The predicted octanol–water partition coefficient (Wildman–Crippen LogP) is 15.1. The molecule has 0 unspecified atom stereocenters. The second kappa shape index (κ2) is 17.5. The van der Waals surface area contributed by atoms with E-state index in [0.717, 1.165) is 110 Å². The quantitative estimate of drug-likeness (QED) is 0.0598. The van der Waals surface area contributed by atoms with E-state index in [1.54, 1.807) is 0 Å². The summed E-state index contributed by atoms with van der Waals surface area (Å²) in [6, 6.07) is 52.7. The first-order valence-corrected chi connectivity index (χ1v) is 21.1. The van der Waals surface area contributed by atoms with Crippen LogP contribution in [-0.2, 0) is 0 Å². The molecule has 0 N–H and O–H groups in total. The molecule has 0 fully saturated rings. The minimum atomic E-state index is 0.593. The molecule has 302 valence electrons. The number of allylic oxidation sites excluding steroid dienone is 4. The first kappa shape index (κ1) is 40.3. The molecular formula is C59H46N4. The van der Waals surface area contributed by atoms with Crippen LogP contribution in [-0.4, -0.2) is 21.5 Å². The summed E-state index contributed by atoms with van der Waals surface area (Å²) in [6.45, 7) is 19.1. The van der Waals surface area contributed by atoms with Crippen LogP contribution in [0.1, 0.15) is 57.0 Å². The molecule has 0 aliphatic carbocycles. The zero-order valence-corrected chi connectivity index (χ0v) is 35.8. The molecule has 4 heteroatoms. The molecule has 0 atom stereocenters. The van der Waals surface area contributed by atoms with E-state index in [1.807, 2.05) is 73.9 Å². The van der Waals surface area contributed by atoms with Crippen molar-refractivity contribution in [2.75, 3.05) is 0 Å². The molecule has 7 aromatic carbocycles. The van der Waals surface area contributed by atoms with Crippen LogP contribution in [0.2, 0.25) is 0 Å². The predicted molar refractivity (Wildman–Crippen MR) is 271 cm³/mol. The smallest absolute Gasteiger partial charge is 0.160 e. The Morgan fingerprint density at radius 1 is 0.460 bits per heavy atom. The highest BCUT2D eigenvalue weighted by Gasteiger charge is 2.11. The highest BCUT2D eigenvalue weighted by molar-refractivity contribution is 6.13. The number of aliphatic imine (C=N–C) groups is 2. The maximum absolute atomic E-state index is 5.18. The summed E-state index contributed by atoms with van der Waals surface area (Å²) in [5.41, 5.74) is 15.1. The molecule has 9 rings (SSSR count). The van der Waals surface area contributed by atoms with Crippen LogP contribution >= 0.6 is 0 Å². The summed E-state index contributed by atoms with van der Waals surface area (Å²) >= 11 is 0. The number of pyridine rings is 2. The SMILES string of the molecule is C=C/C(=C\c1ccc2cccnc2c1C)c1ccc2ccc(C(=C)/N=C(\N=C(/C)c3ccc4ccc(/C(C=C)=C/c5ccc6cccnc6c5C)cc4c3)c3ccccc3)cc2c1. The Bertz CT molecular complexity index is 3420. The summed E-state index contributed by atoms with van der Waals surface area (Å²) in [6.07, 6.45) is 11.9. The van der Waals surface area contributed by atoms with Gasteiger partial charge in [0.2, 0.25) is 0 Å². The highest BCUT2D eigenvalue weighted by Crippen LogP contribution is 2.31. The molecule has 2 heterocycles. The number of fused-ring (bicyclic) bond motifs is 4. The minimum Gasteiger partial charge on any atom is -0.256 e. The summed E-state index contributed by atoms with van der Waals surface area (Å²) in [7, 11) is 0. The van der Waals surface area contributed by atoms with Crippen LogP contribution in [0.5, 0.6) is 0 Å². The van der Waals surface area contributed by atoms with E-state index in [0.29, 0.717) is 11.5 Å². The normalized spacial score (nSPS) is 12.6. The van der Waals surface area contributed by atoms with Gasteiger partial charge in [-0.1, -0.05) is 147 Å². The van der Waals surface area contributed by atoms with Gasteiger partial charge in [0, 0.05) is 40.0 Å². The van der Waals surface area contributed by atoms with Gasteiger partial charge in [-0.3, -0.25) is 9.97 Å². The number of benzene rings is 7. The van der Waals surface area contributed by atoms with Gasteiger partial charge in [0.15, 0.2) is 5.84 Å². The first-order valence-electron chi connectivity index (χ1n) is 21.1. The Morgan fingerprint density at radius 3 is 1.44 bits per heavy atom. The summed E-state index contributed by atoms with van der Waals surface area (Å²) < 4.78 is 0. The van der Waals surface area contributed by atoms with E-state index in [1.165, 1.54) is 0 Å². The van der Waals surface area contributed by atoms with E-state index in [2.05, 4.69) is 165 Å². The van der Waals surface area contributed by atoms with Crippen LogP contribution in [0.4, 0.5) is 0 Å². The molecule has 0 bridgehead atoms. The Labute approximate surface area is 369 Å². The number of aryl methyl sites for hydroxylation is 2. The van der Waals surface area contributed by atoms with Crippen molar-refractivity contribution in [3.8, 4) is 0 Å². The van der Waals surface area contributed by atoms with Crippen molar-refractivity contribution in [1.29, 1.82) is 0 Å². The summed E-state index contributed by atoms with van der Waals surface area (Å²) in [5, 5.41) is 6.73. The van der Waals surface area contributed by atoms with Crippen LogP contribution in [0, 0.1) is 13.8 Å². The van der Waals surface area contributed by atoms with Gasteiger partial charge in [-0.2, -0.15) is 0 Å². The average Bonchev–Trinajstić information content (AvgIpc) is 3.33. The molecule has 2 aromatic heterocycles. The minimum absolute atomic E-state index is 0.593. The summed E-state index contributed by atoms with van der Waals surface area (Å²) in [4.78, 5) is 19.6. The zero-order valence-electron chi connectivity index (χ0n) is 35.8. The fourth-order valence-electron chi connectivity index (χ4n) is 8.20. The second-order valence-electron chi connectivity index (χ2n) is 15.8. The summed E-state index contributed by atoms with van der Waals surface area (Å²) in [5.74, 6) is 0.593.